The molecule has 0 unspecified atom stereocenters. The molecule has 0 fully saturated rings. The highest BCUT2D eigenvalue weighted by Gasteiger charge is 2.54. The first-order chi connectivity index (χ1) is 14.8. The fourth-order valence-electron chi connectivity index (χ4n) is 4.27. The number of carbonyl (C=O) groups excluding carboxylic acids is 2. The number of anilines is 1. The minimum Gasteiger partial charge on any atom is -0.508 e. The molecule has 0 saturated carbocycles. The summed E-state index contributed by atoms with van der Waals surface area (Å²) in [5.74, 6) is -0.592. The van der Waals surface area contributed by atoms with Gasteiger partial charge in [-0.25, -0.2) is 4.79 Å². The van der Waals surface area contributed by atoms with Crippen molar-refractivity contribution in [1.82, 2.24) is 0 Å². The molecule has 3 N–H and O–H groups in total. The van der Waals surface area contributed by atoms with E-state index in [0.29, 0.717) is 45.0 Å². The zero-order valence-corrected chi connectivity index (χ0v) is 17.0. The molecule has 1 amide bonds. The largest absolute Gasteiger partial charge is 0.508 e. The van der Waals surface area contributed by atoms with Crippen LogP contribution in [0, 0.1) is 6.92 Å². The summed E-state index contributed by atoms with van der Waals surface area (Å²) in [5, 5.41) is 22.6. The van der Waals surface area contributed by atoms with Gasteiger partial charge in [0.2, 0.25) is 5.91 Å². The van der Waals surface area contributed by atoms with Crippen molar-refractivity contribution in [2.45, 2.75) is 12.5 Å². The summed E-state index contributed by atoms with van der Waals surface area (Å²) in [6, 6.07) is 12.5. The Hall–Kier alpha value is -3.71. The third-order valence-electron chi connectivity index (χ3n) is 5.60. The molecule has 31 heavy (non-hydrogen) atoms. The molecule has 5 rings (SSSR count). The molecule has 0 aliphatic carbocycles. The van der Waals surface area contributed by atoms with E-state index in [9.17, 15) is 19.8 Å². The van der Waals surface area contributed by atoms with Crippen molar-refractivity contribution in [3.63, 3.8) is 0 Å². The van der Waals surface area contributed by atoms with E-state index in [1.807, 2.05) is 0 Å². The molecule has 3 aromatic carbocycles. The first-order valence-corrected chi connectivity index (χ1v) is 9.96. The maximum absolute atomic E-state index is 13.1. The molecule has 0 aromatic heterocycles. The lowest BCUT2D eigenvalue weighted by Crippen LogP contribution is -2.32. The summed E-state index contributed by atoms with van der Waals surface area (Å²) in [5.41, 5.74) is 1.64. The lowest BCUT2D eigenvalue weighted by Gasteiger charge is -2.36. The van der Waals surface area contributed by atoms with Gasteiger partial charge >= 0.3 is 5.97 Å². The standard InChI is InChI=1S/C23H16ClNO6/c1-11-17(25-20(28)10-24)7-6-16-21(11)22(29)31-23(16)14-4-2-12(26)8-18(14)30-19-9-13(27)3-5-15(19)23/h2-9,26-27H,10H2,1H3,(H,25,28). The second-order valence-corrected chi connectivity index (χ2v) is 7.64. The number of alkyl halides is 1. The molecule has 0 atom stereocenters. The summed E-state index contributed by atoms with van der Waals surface area (Å²) in [7, 11) is 0. The Bertz CT molecular complexity index is 1230. The lowest BCUT2D eigenvalue weighted by molar-refractivity contribution is -0.113. The molecule has 156 valence electrons. The molecule has 2 aliphatic heterocycles. The van der Waals surface area contributed by atoms with Gasteiger partial charge in [-0.05, 0) is 42.8 Å². The van der Waals surface area contributed by atoms with Gasteiger partial charge in [0.15, 0.2) is 5.60 Å². The van der Waals surface area contributed by atoms with Gasteiger partial charge in [-0.15, -0.1) is 11.6 Å². The van der Waals surface area contributed by atoms with Crippen molar-refractivity contribution < 1.29 is 29.3 Å². The number of rotatable bonds is 2. The fourth-order valence-corrected chi connectivity index (χ4v) is 4.34. The van der Waals surface area contributed by atoms with Gasteiger partial charge in [-0.2, -0.15) is 0 Å². The highest BCUT2D eigenvalue weighted by atomic mass is 35.5. The topological polar surface area (TPSA) is 105 Å². The minimum atomic E-state index is -1.34. The highest BCUT2D eigenvalue weighted by molar-refractivity contribution is 6.29. The molecular formula is C23H16ClNO6. The van der Waals surface area contributed by atoms with Crippen LogP contribution >= 0.6 is 11.6 Å². The van der Waals surface area contributed by atoms with E-state index in [4.69, 9.17) is 21.1 Å². The van der Waals surface area contributed by atoms with Gasteiger partial charge in [0.25, 0.3) is 0 Å². The van der Waals surface area contributed by atoms with E-state index < -0.39 is 17.5 Å². The van der Waals surface area contributed by atoms with Crippen LogP contribution in [0.15, 0.2) is 48.5 Å². The predicted octanol–water partition coefficient (Wildman–Crippen LogP) is 4.15. The first-order valence-electron chi connectivity index (χ1n) is 9.43. The Morgan fingerprint density at radius 2 is 1.58 bits per heavy atom. The Kier molecular flexibility index (Phi) is 4.13. The van der Waals surface area contributed by atoms with Gasteiger partial charge in [0.05, 0.1) is 5.56 Å². The zero-order valence-electron chi connectivity index (χ0n) is 16.2. The summed E-state index contributed by atoms with van der Waals surface area (Å²) >= 11 is 5.60. The van der Waals surface area contributed by atoms with Gasteiger partial charge < -0.3 is 25.0 Å². The van der Waals surface area contributed by atoms with Crippen LogP contribution in [0.25, 0.3) is 0 Å². The van der Waals surface area contributed by atoms with Gasteiger partial charge in [-0.3, -0.25) is 4.79 Å². The SMILES string of the molecule is Cc1c(NC(=O)CCl)ccc2c1C(=O)OC21c2ccc(O)cc2Oc2cc(O)ccc21. The predicted molar refractivity (Wildman–Crippen MR) is 112 cm³/mol. The summed E-state index contributed by atoms with van der Waals surface area (Å²) in [6.45, 7) is 1.72. The lowest BCUT2D eigenvalue weighted by atomic mass is 9.77. The molecule has 1 spiro atoms. The Labute approximate surface area is 181 Å². The Morgan fingerprint density at radius 1 is 1.00 bits per heavy atom. The van der Waals surface area contributed by atoms with E-state index in [0.717, 1.165) is 0 Å². The first kappa shape index (κ1) is 19.3. The minimum absolute atomic E-state index is 0.0163. The molecule has 2 heterocycles. The van der Waals surface area contributed by atoms with Crippen LogP contribution in [0.3, 0.4) is 0 Å². The van der Waals surface area contributed by atoms with Crippen LogP contribution in [-0.2, 0) is 15.1 Å². The van der Waals surface area contributed by atoms with E-state index in [2.05, 4.69) is 5.32 Å². The summed E-state index contributed by atoms with van der Waals surface area (Å²) in [6.07, 6.45) is 0. The van der Waals surface area contributed by atoms with Crippen molar-refractivity contribution >= 4 is 29.2 Å². The van der Waals surface area contributed by atoms with Crippen LogP contribution in [0.4, 0.5) is 5.69 Å². The number of hydrogen-bond acceptors (Lipinski definition) is 6. The molecule has 0 bridgehead atoms. The number of nitrogens with one attached hydrogen (secondary N) is 1. The van der Waals surface area contributed by atoms with E-state index in [1.54, 1.807) is 31.2 Å². The quantitative estimate of drug-likeness (QED) is 0.411. The highest BCUT2D eigenvalue weighted by Crippen LogP contribution is 2.57. The Morgan fingerprint density at radius 3 is 2.16 bits per heavy atom. The van der Waals surface area contributed by atoms with Crippen molar-refractivity contribution in [2.75, 3.05) is 11.2 Å². The van der Waals surface area contributed by atoms with Gasteiger partial charge in [-0.1, -0.05) is 6.07 Å². The molecule has 0 radical (unpaired) electrons. The number of esters is 1. The van der Waals surface area contributed by atoms with Crippen LogP contribution < -0.4 is 10.1 Å². The van der Waals surface area contributed by atoms with Crippen LogP contribution in [0.5, 0.6) is 23.0 Å². The molecular weight excluding hydrogens is 422 g/mol. The number of phenolic OH excluding ortho intramolecular Hbond substituents is 2. The van der Waals surface area contributed by atoms with E-state index in [1.165, 1.54) is 24.3 Å². The number of ether oxygens (including phenoxy) is 2. The second kappa shape index (κ2) is 6.65. The van der Waals surface area contributed by atoms with Crippen molar-refractivity contribution in [1.29, 1.82) is 0 Å². The zero-order chi connectivity index (χ0) is 21.9. The van der Waals surface area contributed by atoms with Gasteiger partial charge in [0.1, 0.15) is 28.9 Å². The van der Waals surface area contributed by atoms with E-state index in [-0.39, 0.29) is 17.4 Å². The summed E-state index contributed by atoms with van der Waals surface area (Å²) < 4.78 is 12.0. The maximum atomic E-state index is 13.1. The number of halogens is 1. The van der Waals surface area contributed by atoms with Crippen LogP contribution in [0.2, 0.25) is 0 Å². The number of aromatic hydroxyl groups is 2. The van der Waals surface area contributed by atoms with E-state index >= 15 is 0 Å². The van der Waals surface area contributed by atoms with Crippen LogP contribution in [-0.4, -0.2) is 28.0 Å². The molecule has 2 aliphatic rings. The maximum Gasteiger partial charge on any atom is 0.340 e. The summed E-state index contributed by atoms with van der Waals surface area (Å²) in [4.78, 5) is 24.9. The number of phenols is 2. The normalized spacial score (nSPS) is 14.8. The average molecular weight is 438 g/mol. The number of hydrogen-bond donors (Lipinski definition) is 3. The van der Waals surface area contributed by atoms with Crippen molar-refractivity contribution in [3.05, 3.63) is 76.3 Å². The van der Waals surface area contributed by atoms with Gasteiger partial charge in [0, 0.05) is 34.5 Å². The van der Waals surface area contributed by atoms with Crippen molar-refractivity contribution in [2.24, 2.45) is 0 Å². The second-order valence-electron chi connectivity index (χ2n) is 7.38. The number of fused-ring (bicyclic) bond motifs is 6. The Balaban J connectivity index is 1.80. The molecule has 8 heteroatoms. The molecule has 7 nitrogen and oxygen atoms in total. The van der Waals surface area contributed by atoms with Crippen molar-refractivity contribution in [3.8, 4) is 23.0 Å². The number of carbonyl (C=O) groups is 2. The average Bonchev–Trinajstić information content (AvgIpc) is 3.03. The monoisotopic (exact) mass is 437 g/mol. The smallest absolute Gasteiger partial charge is 0.340 e. The third-order valence-corrected chi connectivity index (χ3v) is 5.84. The van der Waals surface area contributed by atoms with Crippen LogP contribution in [0.1, 0.15) is 32.6 Å². The number of amides is 1. The number of benzene rings is 3. The molecule has 0 saturated heterocycles. The molecule has 3 aromatic rings. The fraction of sp³-hybridized carbons (Fsp3) is 0.130. The third kappa shape index (κ3) is 2.67.